The Balaban J connectivity index is 5.41. The first-order valence-corrected chi connectivity index (χ1v) is 8.27. The first kappa shape index (κ1) is 23.2. The highest BCUT2D eigenvalue weighted by molar-refractivity contribution is 5.89. The van der Waals surface area contributed by atoms with Crippen LogP contribution in [-0.2, 0) is 14.3 Å². The molecule has 25 heavy (non-hydrogen) atoms. The van der Waals surface area contributed by atoms with Crippen LogP contribution >= 0.6 is 0 Å². The highest BCUT2D eigenvalue weighted by Crippen LogP contribution is 2.18. The lowest BCUT2D eigenvalue weighted by Crippen LogP contribution is -2.59. The highest BCUT2D eigenvalue weighted by atomic mass is 16.6. The van der Waals surface area contributed by atoms with Gasteiger partial charge in [0.2, 0.25) is 5.91 Å². The van der Waals surface area contributed by atoms with E-state index in [4.69, 9.17) is 4.74 Å². The molecular weight excluding hydrogens is 328 g/mol. The molecule has 8 nitrogen and oxygen atoms in total. The van der Waals surface area contributed by atoms with Crippen molar-refractivity contribution in [1.29, 1.82) is 0 Å². The second-order valence-electron chi connectivity index (χ2n) is 8.17. The van der Waals surface area contributed by atoms with E-state index in [1.807, 2.05) is 13.8 Å². The SMILES string of the molecule is CC(C)C[C@H](NC(=O)OC(C)(C)C)C(=O)N(C)C(C(=O)O)C(C)(C)O. The number of alkyl carbamates (subject to hydrolysis) is 1. The van der Waals surface area contributed by atoms with E-state index >= 15 is 0 Å². The minimum atomic E-state index is -1.65. The average Bonchev–Trinajstić information content (AvgIpc) is 2.31. The molecule has 146 valence electrons. The first-order chi connectivity index (χ1) is 11.1. The van der Waals surface area contributed by atoms with Crippen LogP contribution in [0.1, 0.15) is 54.9 Å². The minimum Gasteiger partial charge on any atom is -0.480 e. The number of hydrogen-bond donors (Lipinski definition) is 3. The summed E-state index contributed by atoms with van der Waals surface area (Å²) >= 11 is 0. The van der Waals surface area contributed by atoms with E-state index in [0.29, 0.717) is 6.42 Å². The monoisotopic (exact) mass is 360 g/mol. The summed E-state index contributed by atoms with van der Waals surface area (Å²) in [6.45, 7) is 11.5. The number of carboxylic acids is 1. The van der Waals surface area contributed by atoms with Gasteiger partial charge < -0.3 is 25.2 Å². The Morgan fingerprint density at radius 3 is 1.92 bits per heavy atom. The molecule has 0 bridgehead atoms. The Morgan fingerprint density at radius 2 is 1.60 bits per heavy atom. The number of carboxylic acid groups (broad SMARTS) is 1. The Hall–Kier alpha value is -1.83. The van der Waals surface area contributed by atoms with Gasteiger partial charge in [-0.25, -0.2) is 9.59 Å². The fourth-order valence-corrected chi connectivity index (χ4v) is 2.46. The third-order valence-electron chi connectivity index (χ3n) is 3.33. The molecule has 0 aliphatic carbocycles. The van der Waals surface area contributed by atoms with Gasteiger partial charge in [-0.2, -0.15) is 0 Å². The predicted octanol–water partition coefficient (Wildman–Crippen LogP) is 1.61. The summed E-state index contributed by atoms with van der Waals surface area (Å²) in [5, 5.41) is 21.9. The molecule has 0 spiro atoms. The van der Waals surface area contributed by atoms with Crippen LogP contribution in [0.2, 0.25) is 0 Å². The number of aliphatic carboxylic acids is 1. The van der Waals surface area contributed by atoms with Gasteiger partial charge in [0.05, 0.1) is 5.60 Å². The van der Waals surface area contributed by atoms with E-state index < -0.39 is 41.3 Å². The van der Waals surface area contributed by atoms with Crippen molar-refractivity contribution >= 4 is 18.0 Å². The van der Waals surface area contributed by atoms with E-state index in [1.54, 1.807) is 20.8 Å². The number of aliphatic hydroxyl groups is 1. The Labute approximate surface area is 149 Å². The molecule has 0 aliphatic rings. The van der Waals surface area contributed by atoms with Crippen molar-refractivity contribution in [3.63, 3.8) is 0 Å². The molecule has 0 rings (SSSR count). The minimum absolute atomic E-state index is 0.0719. The van der Waals surface area contributed by atoms with Crippen molar-refractivity contribution < 1.29 is 29.3 Å². The summed E-state index contributed by atoms with van der Waals surface area (Å²) in [4.78, 5) is 37.2. The lowest BCUT2D eigenvalue weighted by atomic mass is 9.95. The zero-order valence-corrected chi connectivity index (χ0v) is 16.4. The molecule has 0 aliphatic heterocycles. The van der Waals surface area contributed by atoms with Crippen LogP contribution in [0.25, 0.3) is 0 Å². The molecule has 8 heteroatoms. The van der Waals surface area contributed by atoms with Crippen LogP contribution in [0.5, 0.6) is 0 Å². The summed E-state index contributed by atoms with van der Waals surface area (Å²) in [5.74, 6) is -1.86. The van der Waals surface area contributed by atoms with E-state index in [2.05, 4.69) is 5.32 Å². The van der Waals surface area contributed by atoms with Gasteiger partial charge in [0.25, 0.3) is 0 Å². The number of rotatable bonds is 7. The number of carbonyl (C=O) groups is 3. The maximum atomic E-state index is 12.8. The first-order valence-electron chi connectivity index (χ1n) is 8.27. The lowest BCUT2D eigenvalue weighted by Gasteiger charge is -2.36. The maximum Gasteiger partial charge on any atom is 0.408 e. The van der Waals surface area contributed by atoms with E-state index in [9.17, 15) is 24.6 Å². The van der Waals surface area contributed by atoms with Crippen LogP contribution in [0.3, 0.4) is 0 Å². The average molecular weight is 360 g/mol. The van der Waals surface area contributed by atoms with Gasteiger partial charge in [0.1, 0.15) is 11.6 Å². The van der Waals surface area contributed by atoms with Crippen LogP contribution in [0.4, 0.5) is 4.79 Å². The molecule has 0 heterocycles. The van der Waals surface area contributed by atoms with Crippen molar-refractivity contribution in [1.82, 2.24) is 10.2 Å². The molecule has 0 aromatic rings. The van der Waals surface area contributed by atoms with Crippen molar-refractivity contribution in [2.24, 2.45) is 5.92 Å². The Kier molecular flexibility index (Phi) is 7.89. The zero-order chi connectivity index (χ0) is 20.2. The van der Waals surface area contributed by atoms with Gasteiger partial charge in [-0.15, -0.1) is 0 Å². The molecule has 0 fully saturated rings. The largest absolute Gasteiger partial charge is 0.480 e. The van der Waals surface area contributed by atoms with Crippen LogP contribution < -0.4 is 5.32 Å². The normalized spacial score (nSPS) is 14.6. The second-order valence-corrected chi connectivity index (χ2v) is 8.17. The highest BCUT2D eigenvalue weighted by Gasteiger charge is 2.41. The number of carbonyl (C=O) groups excluding carboxylic acids is 2. The Bertz CT molecular complexity index is 490. The summed E-state index contributed by atoms with van der Waals surface area (Å²) in [7, 11) is 1.29. The molecule has 2 amide bonds. The van der Waals surface area contributed by atoms with Crippen molar-refractivity contribution in [2.75, 3.05) is 7.05 Å². The molecule has 2 atom stereocenters. The summed E-state index contributed by atoms with van der Waals surface area (Å²) in [5.41, 5.74) is -2.37. The van der Waals surface area contributed by atoms with Gasteiger partial charge in [-0.05, 0) is 47.0 Å². The fourth-order valence-electron chi connectivity index (χ4n) is 2.46. The van der Waals surface area contributed by atoms with E-state index in [0.717, 1.165) is 4.90 Å². The topological polar surface area (TPSA) is 116 Å². The number of amides is 2. The van der Waals surface area contributed by atoms with E-state index in [1.165, 1.54) is 20.9 Å². The maximum absolute atomic E-state index is 12.8. The van der Waals surface area contributed by atoms with Crippen molar-refractivity contribution in [3.8, 4) is 0 Å². The quantitative estimate of drug-likeness (QED) is 0.635. The van der Waals surface area contributed by atoms with Gasteiger partial charge in [0.15, 0.2) is 6.04 Å². The summed E-state index contributed by atoms with van der Waals surface area (Å²) < 4.78 is 5.17. The van der Waals surface area contributed by atoms with Crippen molar-refractivity contribution in [2.45, 2.75) is 78.2 Å². The standard InChI is InChI=1S/C17H32N2O6/c1-10(2)9-11(18-15(23)25-16(3,4)5)13(20)19(8)12(14(21)22)17(6,7)24/h10-12,24H,9H2,1-8H3,(H,18,23)(H,21,22)/t11-,12?/m0/s1. The second kappa shape index (κ2) is 8.51. The molecular formula is C17H32N2O6. The number of likely N-dealkylation sites (N-methyl/N-ethyl adjacent to an activating group) is 1. The number of ether oxygens (including phenoxy) is 1. The van der Waals surface area contributed by atoms with Gasteiger partial charge in [-0.3, -0.25) is 4.79 Å². The molecule has 0 aromatic carbocycles. The molecule has 0 aromatic heterocycles. The van der Waals surface area contributed by atoms with Crippen LogP contribution in [-0.4, -0.2) is 63.4 Å². The van der Waals surface area contributed by atoms with Crippen molar-refractivity contribution in [3.05, 3.63) is 0 Å². The summed E-state index contributed by atoms with van der Waals surface area (Å²) in [6.07, 6.45) is -0.448. The smallest absolute Gasteiger partial charge is 0.408 e. The molecule has 0 saturated heterocycles. The molecule has 0 saturated carbocycles. The fraction of sp³-hybridized carbons (Fsp3) is 0.824. The molecule has 1 unspecified atom stereocenters. The van der Waals surface area contributed by atoms with Gasteiger partial charge in [0, 0.05) is 7.05 Å². The van der Waals surface area contributed by atoms with Gasteiger partial charge >= 0.3 is 12.1 Å². The van der Waals surface area contributed by atoms with Crippen LogP contribution in [0.15, 0.2) is 0 Å². The van der Waals surface area contributed by atoms with Gasteiger partial charge in [-0.1, -0.05) is 13.8 Å². The summed E-state index contributed by atoms with van der Waals surface area (Å²) in [6, 6.07) is -2.40. The number of nitrogens with zero attached hydrogens (tertiary/aromatic N) is 1. The lowest BCUT2D eigenvalue weighted by molar-refractivity contribution is -0.159. The predicted molar refractivity (Wildman–Crippen MR) is 93.1 cm³/mol. The Morgan fingerprint density at radius 1 is 1.12 bits per heavy atom. The number of nitrogens with one attached hydrogen (secondary N) is 1. The van der Waals surface area contributed by atoms with E-state index in [-0.39, 0.29) is 5.92 Å². The molecule has 3 N–H and O–H groups in total. The zero-order valence-electron chi connectivity index (χ0n) is 16.4. The third kappa shape index (κ3) is 8.20. The van der Waals surface area contributed by atoms with Crippen LogP contribution in [0, 0.1) is 5.92 Å². The number of hydrogen-bond acceptors (Lipinski definition) is 5. The third-order valence-corrected chi connectivity index (χ3v) is 3.33. The molecule has 0 radical (unpaired) electrons.